The topological polar surface area (TPSA) is 37.3 Å². The Morgan fingerprint density at radius 3 is 2.38 bits per heavy atom. The average molecular weight is 204 g/mol. The first kappa shape index (κ1) is 11.3. The summed E-state index contributed by atoms with van der Waals surface area (Å²) in [6.07, 6.45) is 8.75. The van der Waals surface area contributed by atoms with Crippen LogP contribution in [0.2, 0.25) is 0 Å². The van der Waals surface area contributed by atoms with Gasteiger partial charge in [-0.1, -0.05) is 39.0 Å². The molecule has 1 unspecified atom stereocenters. The first-order chi connectivity index (χ1) is 6.21. The molecule has 0 amide bonds. The largest absolute Gasteiger partial charge is 0.346 e. The van der Waals surface area contributed by atoms with Crippen LogP contribution >= 0.6 is 8.03 Å². The molecule has 0 aromatic rings. The summed E-state index contributed by atoms with van der Waals surface area (Å²) in [7, 11) is -2.32. The van der Waals surface area contributed by atoms with Crippen LogP contribution in [0.4, 0.5) is 0 Å². The molecule has 0 saturated heterocycles. The second-order valence-electron chi connectivity index (χ2n) is 4.25. The molecule has 1 aliphatic rings. The smallest absolute Gasteiger partial charge is 0.195 e. The predicted molar refractivity (Wildman–Crippen MR) is 56.6 cm³/mol. The Morgan fingerprint density at radius 1 is 1.31 bits per heavy atom. The van der Waals surface area contributed by atoms with Gasteiger partial charge in [0.25, 0.3) is 0 Å². The molecule has 1 fully saturated rings. The molecule has 0 heterocycles. The standard InChI is InChI=1S/C10H21O2P/c1-2-3-7-10(13(11)12)8-5-4-6-9-10/h13H,2-9H2,1H3,(H,11,12). The van der Waals surface area contributed by atoms with Crippen LogP contribution in [0.3, 0.4) is 0 Å². The summed E-state index contributed by atoms with van der Waals surface area (Å²) in [5.74, 6) is 0. The van der Waals surface area contributed by atoms with Gasteiger partial charge in [-0.15, -0.1) is 0 Å². The molecule has 0 aromatic heterocycles. The molecule has 1 rings (SSSR count). The second kappa shape index (κ2) is 5.17. The SMILES string of the molecule is CCCCC1([PH](=O)O)CCCCC1. The van der Waals surface area contributed by atoms with Gasteiger partial charge in [0.1, 0.15) is 0 Å². The number of unbranched alkanes of at least 4 members (excludes halogenated alkanes) is 1. The van der Waals surface area contributed by atoms with E-state index in [4.69, 9.17) is 0 Å². The number of hydrogen-bond acceptors (Lipinski definition) is 1. The summed E-state index contributed by atoms with van der Waals surface area (Å²) < 4.78 is 11.4. The van der Waals surface area contributed by atoms with Gasteiger partial charge in [0, 0.05) is 5.16 Å². The van der Waals surface area contributed by atoms with Crippen molar-refractivity contribution in [1.29, 1.82) is 0 Å². The molecule has 1 N–H and O–H groups in total. The van der Waals surface area contributed by atoms with E-state index in [0.717, 1.165) is 44.9 Å². The van der Waals surface area contributed by atoms with Crippen molar-refractivity contribution in [3.05, 3.63) is 0 Å². The normalized spacial score (nSPS) is 24.2. The zero-order valence-electron chi connectivity index (χ0n) is 8.51. The van der Waals surface area contributed by atoms with Gasteiger partial charge in [-0.25, -0.2) is 0 Å². The lowest BCUT2D eigenvalue weighted by Crippen LogP contribution is -2.27. The lowest BCUT2D eigenvalue weighted by molar-refractivity contribution is 0.327. The second-order valence-corrected chi connectivity index (χ2v) is 5.92. The maximum Gasteiger partial charge on any atom is 0.195 e. The number of rotatable bonds is 4. The molecule has 1 saturated carbocycles. The van der Waals surface area contributed by atoms with Crippen LogP contribution in [0.25, 0.3) is 0 Å². The summed E-state index contributed by atoms with van der Waals surface area (Å²) in [4.78, 5) is 9.40. The van der Waals surface area contributed by atoms with Crippen LogP contribution in [-0.2, 0) is 4.57 Å². The van der Waals surface area contributed by atoms with Crippen LogP contribution < -0.4 is 0 Å². The third-order valence-corrected chi connectivity index (χ3v) is 4.93. The highest BCUT2D eigenvalue weighted by Crippen LogP contribution is 2.49. The van der Waals surface area contributed by atoms with Crippen molar-refractivity contribution in [3.63, 3.8) is 0 Å². The molecule has 1 aliphatic carbocycles. The molecule has 0 aliphatic heterocycles. The quantitative estimate of drug-likeness (QED) is 0.713. The molecule has 13 heavy (non-hydrogen) atoms. The molecule has 0 spiro atoms. The minimum atomic E-state index is -2.32. The summed E-state index contributed by atoms with van der Waals surface area (Å²) in [5, 5.41) is -0.168. The highest BCUT2D eigenvalue weighted by molar-refractivity contribution is 7.40. The van der Waals surface area contributed by atoms with Crippen LogP contribution in [0.15, 0.2) is 0 Å². The Hall–Kier alpha value is 0.190. The maximum atomic E-state index is 11.4. The zero-order valence-corrected chi connectivity index (χ0v) is 9.51. The molecule has 1 atom stereocenters. The molecule has 0 aromatic carbocycles. The van der Waals surface area contributed by atoms with Gasteiger partial charge in [-0.2, -0.15) is 0 Å². The predicted octanol–water partition coefficient (Wildman–Crippen LogP) is 3.35. The van der Waals surface area contributed by atoms with Crippen molar-refractivity contribution < 1.29 is 9.46 Å². The van der Waals surface area contributed by atoms with E-state index in [-0.39, 0.29) is 5.16 Å². The van der Waals surface area contributed by atoms with E-state index < -0.39 is 8.03 Å². The van der Waals surface area contributed by atoms with Crippen molar-refractivity contribution in [1.82, 2.24) is 0 Å². The van der Waals surface area contributed by atoms with Gasteiger partial charge >= 0.3 is 0 Å². The van der Waals surface area contributed by atoms with Gasteiger partial charge in [-0.05, 0) is 19.3 Å². The van der Waals surface area contributed by atoms with Gasteiger partial charge in [0.15, 0.2) is 8.03 Å². The highest BCUT2D eigenvalue weighted by atomic mass is 31.1. The van der Waals surface area contributed by atoms with Gasteiger partial charge in [0.2, 0.25) is 0 Å². The van der Waals surface area contributed by atoms with Crippen LogP contribution in [-0.4, -0.2) is 10.0 Å². The first-order valence-corrected chi connectivity index (χ1v) is 6.80. The minimum absolute atomic E-state index is 0.168. The fourth-order valence-corrected chi connectivity index (χ4v) is 3.49. The van der Waals surface area contributed by atoms with Crippen LogP contribution in [0.5, 0.6) is 0 Å². The van der Waals surface area contributed by atoms with E-state index in [1.54, 1.807) is 0 Å². The number of hydrogen-bond donors (Lipinski definition) is 1. The van der Waals surface area contributed by atoms with Crippen molar-refractivity contribution in [2.75, 3.05) is 0 Å². The molecule has 3 heteroatoms. The van der Waals surface area contributed by atoms with Crippen molar-refractivity contribution in [3.8, 4) is 0 Å². The molecular weight excluding hydrogens is 183 g/mol. The van der Waals surface area contributed by atoms with E-state index in [0.29, 0.717) is 0 Å². The van der Waals surface area contributed by atoms with E-state index in [1.807, 2.05) is 0 Å². The average Bonchev–Trinajstić information content (AvgIpc) is 2.16. The van der Waals surface area contributed by atoms with E-state index in [1.165, 1.54) is 6.42 Å². The molecule has 2 nitrogen and oxygen atoms in total. The Balaban J connectivity index is 2.56. The third kappa shape index (κ3) is 2.82. The van der Waals surface area contributed by atoms with Crippen LogP contribution in [0.1, 0.15) is 58.3 Å². The summed E-state index contributed by atoms with van der Waals surface area (Å²) in [6, 6.07) is 0. The van der Waals surface area contributed by atoms with Gasteiger partial charge in [0.05, 0.1) is 0 Å². The lowest BCUT2D eigenvalue weighted by atomic mass is 9.85. The van der Waals surface area contributed by atoms with E-state index >= 15 is 0 Å². The Labute approximate surface area is 81.6 Å². The monoisotopic (exact) mass is 204 g/mol. The maximum absolute atomic E-state index is 11.4. The Kier molecular flexibility index (Phi) is 4.48. The minimum Gasteiger partial charge on any atom is -0.346 e. The molecule has 78 valence electrons. The zero-order chi connectivity index (χ0) is 9.73. The lowest BCUT2D eigenvalue weighted by Gasteiger charge is -2.34. The molecule has 0 bridgehead atoms. The van der Waals surface area contributed by atoms with E-state index in [2.05, 4.69) is 6.92 Å². The fraction of sp³-hybridized carbons (Fsp3) is 1.00. The summed E-state index contributed by atoms with van der Waals surface area (Å²) in [6.45, 7) is 2.14. The third-order valence-electron chi connectivity index (χ3n) is 3.27. The van der Waals surface area contributed by atoms with Crippen molar-refractivity contribution in [2.45, 2.75) is 63.4 Å². The van der Waals surface area contributed by atoms with Crippen LogP contribution in [0, 0.1) is 0 Å². The summed E-state index contributed by atoms with van der Waals surface area (Å²) >= 11 is 0. The first-order valence-electron chi connectivity index (χ1n) is 5.45. The van der Waals surface area contributed by atoms with Crippen molar-refractivity contribution >= 4 is 8.03 Å². The van der Waals surface area contributed by atoms with Crippen molar-refractivity contribution in [2.24, 2.45) is 0 Å². The van der Waals surface area contributed by atoms with Gasteiger partial charge < -0.3 is 4.89 Å². The molecule has 0 radical (unpaired) electrons. The van der Waals surface area contributed by atoms with Gasteiger partial charge in [-0.3, -0.25) is 4.57 Å². The molecular formula is C10H21O2P. The Morgan fingerprint density at radius 2 is 1.92 bits per heavy atom. The fourth-order valence-electron chi connectivity index (χ4n) is 2.31. The highest BCUT2D eigenvalue weighted by Gasteiger charge is 2.36. The summed E-state index contributed by atoms with van der Waals surface area (Å²) in [5.41, 5.74) is 0. The van der Waals surface area contributed by atoms with E-state index in [9.17, 15) is 9.46 Å². The Bertz CT molecular complexity index is 174.